The van der Waals surface area contributed by atoms with Crippen LogP contribution in [-0.2, 0) is 9.53 Å². The van der Waals surface area contributed by atoms with Gasteiger partial charge < -0.3 is 4.74 Å². The minimum Gasteiger partial charge on any atom is -0.466 e. The molecule has 0 unspecified atom stereocenters. The summed E-state index contributed by atoms with van der Waals surface area (Å²) in [6.45, 7) is 6.66. The number of esters is 1. The largest absolute Gasteiger partial charge is 0.466 e. The van der Waals surface area contributed by atoms with E-state index in [0.717, 1.165) is 13.1 Å². The number of hydrogen-bond acceptors (Lipinski definition) is 3. The van der Waals surface area contributed by atoms with Crippen molar-refractivity contribution in [1.29, 1.82) is 0 Å². The highest BCUT2D eigenvalue weighted by atomic mass is 16.5. The van der Waals surface area contributed by atoms with Crippen molar-refractivity contribution in [3.8, 4) is 0 Å². The van der Waals surface area contributed by atoms with Gasteiger partial charge in [-0.15, -0.1) is 0 Å². The average molecular weight is 157 g/mol. The van der Waals surface area contributed by atoms with E-state index in [1.165, 1.54) is 0 Å². The van der Waals surface area contributed by atoms with Crippen molar-refractivity contribution in [2.24, 2.45) is 0 Å². The predicted molar refractivity (Wildman–Crippen MR) is 42.3 cm³/mol. The molecule has 0 amide bonds. The Morgan fingerprint density at radius 3 is 2.73 bits per heavy atom. The number of rotatable bonds is 4. The molecule has 11 heavy (non-hydrogen) atoms. The molecule has 1 aliphatic rings. The molecule has 1 aliphatic heterocycles. The zero-order chi connectivity index (χ0) is 8.27. The lowest BCUT2D eigenvalue weighted by molar-refractivity contribution is -0.143. The van der Waals surface area contributed by atoms with Gasteiger partial charge in [0.15, 0.2) is 0 Å². The van der Waals surface area contributed by atoms with E-state index in [1.807, 2.05) is 6.92 Å². The molecule has 1 fully saturated rings. The van der Waals surface area contributed by atoms with Crippen LogP contribution in [-0.4, -0.2) is 36.6 Å². The topological polar surface area (TPSA) is 29.3 Å². The summed E-state index contributed by atoms with van der Waals surface area (Å²) in [6, 6.07) is 0.369. The molecule has 0 bridgehead atoms. The zero-order valence-electron chi connectivity index (χ0n) is 7.17. The summed E-state index contributed by atoms with van der Waals surface area (Å²) in [4.78, 5) is 13.2. The molecule has 1 atom stereocenters. The third-order valence-corrected chi connectivity index (χ3v) is 1.87. The lowest BCUT2D eigenvalue weighted by Crippen LogP contribution is -2.20. The molecule has 0 aromatic carbocycles. The van der Waals surface area contributed by atoms with Gasteiger partial charge in [-0.1, -0.05) is 0 Å². The van der Waals surface area contributed by atoms with E-state index in [0.29, 0.717) is 19.1 Å². The second-order valence-electron chi connectivity index (χ2n) is 2.89. The van der Waals surface area contributed by atoms with E-state index in [4.69, 9.17) is 4.74 Å². The summed E-state index contributed by atoms with van der Waals surface area (Å²) in [5.41, 5.74) is 0. The van der Waals surface area contributed by atoms with Crippen molar-refractivity contribution < 1.29 is 9.53 Å². The van der Waals surface area contributed by atoms with E-state index in [9.17, 15) is 4.79 Å². The fourth-order valence-electron chi connectivity index (χ4n) is 1.09. The van der Waals surface area contributed by atoms with Gasteiger partial charge in [-0.05, 0) is 13.8 Å². The molecule has 0 spiro atoms. The van der Waals surface area contributed by atoms with Crippen molar-refractivity contribution in [1.82, 2.24) is 4.90 Å². The van der Waals surface area contributed by atoms with Crippen LogP contribution in [0, 0.1) is 0 Å². The molecule has 1 rings (SSSR count). The highest BCUT2D eigenvalue weighted by molar-refractivity contribution is 5.70. The fraction of sp³-hybridized carbons (Fsp3) is 0.875. The molecule has 1 saturated heterocycles. The summed E-state index contributed by atoms with van der Waals surface area (Å²) in [5, 5.41) is 0. The normalized spacial score (nSPS) is 19.5. The van der Waals surface area contributed by atoms with Gasteiger partial charge in [0, 0.05) is 19.1 Å². The summed E-state index contributed by atoms with van der Waals surface area (Å²) in [6.07, 6.45) is 0.536. The van der Waals surface area contributed by atoms with Crippen molar-refractivity contribution >= 4 is 5.97 Å². The van der Waals surface area contributed by atoms with Gasteiger partial charge in [-0.3, -0.25) is 9.69 Å². The molecule has 0 aromatic rings. The number of hydrogen-bond donors (Lipinski definition) is 0. The Labute approximate surface area is 67.3 Å². The first kappa shape index (κ1) is 8.53. The molecule has 1 heterocycles. The number of carbonyl (C=O) groups excluding carboxylic acids is 1. The summed E-state index contributed by atoms with van der Waals surface area (Å²) in [7, 11) is 0. The molecule has 0 aromatic heterocycles. The SMILES string of the molecule is CCOC(=O)C[C@H](C)N1CC1. The van der Waals surface area contributed by atoms with Crippen LogP contribution in [0.3, 0.4) is 0 Å². The van der Waals surface area contributed by atoms with Crippen LogP contribution in [0.25, 0.3) is 0 Å². The molecule has 64 valence electrons. The second-order valence-corrected chi connectivity index (χ2v) is 2.89. The predicted octanol–water partition coefficient (Wildman–Crippen LogP) is 0.644. The molecular formula is C8H15NO2. The van der Waals surface area contributed by atoms with Crippen LogP contribution in [0.15, 0.2) is 0 Å². The minimum atomic E-state index is -0.0769. The van der Waals surface area contributed by atoms with Gasteiger partial charge in [-0.25, -0.2) is 0 Å². The molecule has 0 N–H and O–H groups in total. The lowest BCUT2D eigenvalue weighted by Gasteiger charge is -2.10. The van der Waals surface area contributed by atoms with Crippen LogP contribution >= 0.6 is 0 Å². The van der Waals surface area contributed by atoms with Crippen LogP contribution < -0.4 is 0 Å². The Kier molecular flexibility index (Phi) is 2.88. The summed E-state index contributed by atoms with van der Waals surface area (Å²) < 4.78 is 4.82. The van der Waals surface area contributed by atoms with Gasteiger partial charge in [0.2, 0.25) is 0 Å². The van der Waals surface area contributed by atoms with Crippen LogP contribution in [0.1, 0.15) is 20.3 Å². The summed E-state index contributed by atoms with van der Waals surface area (Å²) >= 11 is 0. The quantitative estimate of drug-likeness (QED) is 0.443. The average Bonchev–Trinajstić information content (AvgIpc) is 2.67. The third-order valence-electron chi connectivity index (χ3n) is 1.87. The smallest absolute Gasteiger partial charge is 0.307 e. The Morgan fingerprint density at radius 1 is 1.64 bits per heavy atom. The molecule has 0 radical (unpaired) electrons. The van der Waals surface area contributed by atoms with Crippen LogP contribution in [0.2, 0.25) is 0 Å². The molecule has 3 nitrogen and oxygen atoms in total. The van der Waals surface area contributed by atoms with Gasteiger partial charge in [0.1, 0.15) is 0 Å². The zero-order valence-corrected chi connectivity index (χ0v) is 7.17. The van der Waals surface area contributed by atoms with Crippen LogP contribution in [0.5, 0.6) is 0 Å². The first-order chi connectivity index (χ1) is 5.24. The molecule has 0 saturated carbocycles. The Bertz CT molecular complexity index is 143. The van der Waals surface area contributed by atoms with E-state index < -0.39 is 0 Å². The lowest BCUT2D eigenvalue weighted by atomic mass is 10.2. The highest BCUT2D eigenvalue weighted by Gasteiger charge is 2.25. The number of nitrogens with zero attached hydrogens (tertiary/aromatic N) is 1. The first-order valence-corrected chi connectivity index (χ1v) is 4.13. The Balaban J connectivity index is 2.12. The van der Waals surface area contributed by atoms with Crippen LogP contribution in [0.4, 0.5) is 0 Å². The maximum atomic E-state index is 10.9. The maximum Gasteiger partial charge on any atom is 0.307 e. The second kappa shape index (κ2) is 3.72. The van der Waals surface area contributed by atoms with Gasteiger partial charge >= 0.3 is 5.97 Å². The standard InChI is InChI=1S/C8H15NO2/c1-3-11-8(10)6-7(2)9-4-5-9/h7H,3-6H2,1-2H3/t7-/m0/s1. The molecule has 3 heteroatoms. The molecule has 0 aliphatic carbocycles. The van der Waals surface area contributed by atoms with Crippen molar-refractivity contribution in [2.45, 2.75) is 26.3 Å². The summed E-state index contributed by atoms with van der Waals surface area (Å²) in [5.74, 6) is -0.0769. The monoisotopic (exact) mass is 157 g/mol. The van der Waals surface area contributed by atoms with Crippen molar-refractivity contribution in [3.63, 3.8) is 0 Å². The fourth-order valence-corrected chi connectivity index (χ4v) is 1.09. The Hall–Kier alpha value is -0.570. The molecular weight excluding hydrogens is 142 g/mol. The third kappa shape index (κ3) is 2.89. The van der Waals surface area contributed by atoms with E-state index in [2.05, 4.69) is 11.8 Å². The van der Waals surface area contributed by atoms with Crippen molar-refractivity contribution in [2.75, 3.05) is 19.7 Å². The minimum absolute atomic E-state index is 0.0769. The van der Waals surface area contributed by atoms with Gasteiger partial charge in [0.05, 0.1) is 13.0 Å². The first-order valence-electron chi connectivity index (χ1n) is 4.13. The van der Waals surface area contributed by atoms with E-state index >= 15 is 0 Å². The van der Waals surface area contributed by atoms with E-state index in [-0.39, 0.29) is 5.97 Å². The highest BCUT2D eigenvalue weighted by Crippen LogP contribution is 2.13. The Morgan fingerprint density at radius 2 is 2.27 bits per heavy atom. The maximum absolute atomic E-state index is 10.9. The number of carbonyl (C=O) groups is 1. The van der Waals surface area contributed by atoms with Crippen molar-refractivity contribution in [3.05, 3.63) is 0 Å². The van der Waals surface area contributed by atoms with Gasteiger partial charge in [-0.2, -0.15) is 0 Å². The number of ether oxygens (including phenoxy) is 1. The van der Waals surface area contributed by atoms with Gasteiger partial charge in [0.25, 0.3) is 0 Å². The van der Waals surface area contributed by atoms with E-state index in [1.54, 1.807) is 0 Å².